The number of benzene rings is 1. The van der Waals surface area contributed by atoms with Crippen LogP contribution >= 0.6 is 0 Å². The molecule has 0 atom stereocenters. The molecule has 0 radical (unpaired) electrons. The van der Waals surface area contributed by atoms with Crippen molar-refractivity contribution >= 4 is 11.8 Å². The van der Waals surface area contributed by atoms with Gasteiger partial charge in [0.05, 0.1) is 13.0 Å². The number of piperidine rings is 1. The van der Waals surface area contributed by atoms with Crippen LogP contribution in [0.15, 0.2) is 24.3 Å². The third-order valence-corrected chi connectivity index (χ3v) is 3.40. The zero-order chi connectivity index (χ0) is 15.1. The lowest BCUT2D eigenvalue weighted by Crippen LogP contribution is -2.46. The average Bonchev–Trinajstić information content (AvgIpc) is 2.46. The summed E-state index contributed by atoms with van der Waals surface area (Å²) in [6, 6.07) is 6.06. The zero-order valence-electron chi connectivity index (χ0n) is 11.8. The van der Waals surface area contributed by atoms with Gasteiger partial charge in [-0.05, 0) is 43.6 Å². The lowest BCUT2D eigenvalue weighted by atomic mass is 10.1. The van der Waals surface area contributed by atoms with Gasteiger partial charge in [0, 0.05) is 6.04 Å². The highest BCUT2D eigenvalue weighted by Crippen LogP contribution is 2.04. The monoisotopic (exact) mass is 293 g/mol. The topological polar surface area (TPSA) is 70.2 Å². The molecule has 2 rings (SSSR count). The van der Waals surface area contributed by atoms with Gasteiger partial charge in [0.2, 0.25) is 11.8 Å². The normalized spacial score (nSPS) is 15.5. The van der Waals surface area contributed by atoms with Crippen LogP contribution in [0.1, 0.15) is 18.4 Å². The summed E-state index contributed by atoms with van der Waals surface area (Å²) in [5, 5.41) is 8.66. The van der Waals surface area contributed by atoms with Crippen LogP contribution in [0.4, 0.5) is 4.39 Å². The summed E-state index contributed by atoms with van der Waals surface area (Å²) in [5.74, 6) is -0.848. The van der Waals surface area contributed by atoms with Gasteiger partial charge in [-0.2, -0.15) is 0 Å². The maximum atomic E-state index is 13.0. The minimum absolute atomic E-state index is 0.0436. The van der Waals surface area contributed by atoms with Gasteiger partial charge < -0.3 is 16.0 Å². The molecular weight excluding hydrogens is 273 g/mol. The van der Waals surface area contributed by atoms with Crippen molar-refractivity contribution in [3.05, 3.63) is 35.6 Å². The van der Waals surface area contributed by atoms with Gasteiger partial charge in [0.15, 0.2) is 0 Å². The molecule has 1 aromatic rings. The van der Waals surface area contributed by atoms with Gasteiger partial charge in [-0.15, -0.1) is 0 Å². The molecular formula is C15H20FN3O2. The van der Waals surface area contributed by atoms with Crippen LogP contribution in [0.5, 0.6) is 0 Å². The number of hydrogen-bond donors (Lipinski definition) is 3. The molecule has 1 aliphatic rings. The quantitative estimate of drug-likeness (QED) is 0.734. The maximum Gasteiger partial charge on any atom is 0.239 e. The Morgan fingerprint density at radius 1 is 1.24 bits per heavy atom. The number of halogens is 1. The summed E-state index contributed by atoms with van der Waals surface area (Å²) < 4.78 is 13.0. The molecule has 3 N–H and O–H groups in total. The van der Waals surface area contributed by atoms with Crippen molar-refractivity contribution < 1.29 is 14.0 Å². The molecule has 1 fully saturated rings. The zero-order valence-corrected chi connectivity index (χ0v) is 11.8. The summed E-state index contributed by atoms with van der Waals surface area (Å²) in [7, 11) is 0. The van der Waals surface area contributed by atoms with E-state index in [1.165, 1.54) is 12.1 Å². The Kier molecular flexibility index (Phi) is 5.68. The summed E-state index contributed by atoms with van der Waals surface area (Å²) >= 11 is 0. The Labute approximate surface area is 123 Å². The van der Waals surface area contributed by atoms with Crippen LogP contribution < -0.4 is 16.0 Å². The molecule has 1 aliphatic heterocycles. The van der Waals surface area contributed by atoms with Gasteiger partial charge in [-0.1, -0.05) is 12.1 Å². The molecule has 21 heavy (non-hydrogen) atoms. The van der Waals surface area contributed by atoms with E-state index < -0.39 is 0 Å². The largest absolute Gasteiger partial charge is 0.352 e. The Bertz CT molecular complexity index is 501. The third-order valence-electron chi connectivity index (χ3n) is 3.40. The van der Waals surface area contributed by atoms with Crippen molar-refractivity contribution in [2.45, 2.75) is 25.3 Å². The van der Waals surface area contributed by atoms with Gasteiger partial charge in [-0.3, -0.25) is 9.59 Å². The molecule has 1 saturated heterocycles. The predicted molar refractivity (Wildman–Crippen MR) is 77.1 cm³/mol. The van der Waals surface area contributed by atoms with E-state index in [1.54, 1.807) is 12.1 Å². The standard InChI is InChI=1S/C15H20FN3O2/c16-12-3-1-2-11(8-12)9-14(20)18-10-15(21)19-13-4-6-17-7-5-13/h1-3,8,13,17H,4-7,9-10H2,(H,18,20)(H,19,21). The lowest BCUT2D eigenvalue weighted by molar-refractivity contribution is -0.126. The van der Waals surface area contributed by atoms with Crippen molar-refractivity contribution in [1.29, 1.82) is 0 Å². The van der Waals surface area contributed by atoms with Crippen LogP contribution in [0.25, 0.3) is 0 Å². The summed E-state index contributed by atoms with van der Waals surface area (Å²) in [6.45, 7) is 1.76. The Morgan fingerprint density at radius 2 is 2.00 bits per heavy atom. The van der Waals surface area contributed by atoms with Crippen LogP contribution in [0.2, 0.25) is 0 Å². The number of carbonyl (C=O) groups excluding carboxylic acids is 2. The molecule has 6 heteroatoms. The van der Waals surface area contributed by atoms with Crippen molar-refractivity contribution in [2.75, 3.05) is 19.6 Å². The first-order valence-corrected chi connectivity index (χ1v) is 7.15. The van der Waals surface area contributed by atoms with E-state index in [1.807, 2.05) is 0 Å². The molecule has 0 saturated carbocycles. The summed E-state index contributed by atoms with van der Waals surface area (Å²) in [4.78, 5) is 23.4. The van der Waals surface area contributed by atoms with Crippen molar-refractivity contribution in [3.8, 4) is 0 Å². The fourth-order valence-corrected chi connectivity index (χ4v) is 2.32. The van der Waals surface area contributed by atoms with E-state index in [0.29, 0.717) is 5.56 Å². The van der Waals surface area contributed by atoms with Crippen LogP contribution in [0.3, 0.4) is 0 Å². The molecule has 0 spiro atoms. The first-order valence-electron chi connectivity index (χ1n) is 7.15. The Balaban J connectivity index is 1.69. The van der Waals surface area contributed by atoms with Crippen molar-refractivity contribution in [2.24, 2.45) is 0 Å². The number of nitrogens with one attached hydrogen (secondary N) is 3. The fourth-order valence-electron chi connectivity index (χ4n) is 2.32. The molecule has 1 heterocycles. The highest BCUT2D eigenvalue weighted by atomic mass is 19.1. The van der Waals surface area contributed by atoms with Gasteiger partial charge >= 0.3 is 0 Å². The molecule has 1 aromatic carbocycles. The highest BCUT2D eigenvalue weighted by Gasteiger charge is 2.15. The van der Waals surface area contributed by atoms with Crippen LogP contribution in [-0.2, 0) is 16.0 Å². The smallest absolute Gasteiger partial charge is 0.239 e. The first kappa shape index (κ1) is 15.4. The van der Waals surface area contributed by atoms with E-state index in [2.05, 4.69) is 16.0 Å². The van der Waals surface area contributed by atoms with E-state index in [9.17, 15) is 14.0 Å². The Hall–Kier alpha value is -1.95. The van der Waals surface area contributed by atoms with Crippen molar-refractivity contribution in [1.82, 2.24) is 16.0 Å². The molecule has 0 bridgehead atoms. The fraction of sp³-hybridized carbons (Fsp3) is 0.467. The third kappa shape index (κ3) is 5.51. The molecule has 0 aromatic heterocycles. The molecule has 0 aliphatic carbocycles. The Morgan fingerprint density at radius 3 is 2.71 bits per heavy atom. The second-order valence-corrected chi connectivity index (χ2v) is 5.18. The first-order chi connectivity index (χ1) is 10.1. The summed E-state index contributed by atoms with van der Waals surface area (Å²) in [5.41, 5.74) is 0.589. The van der Waals surface area contributed by atoms with E-state index in [0.717, 1.165) is 25.9 Å². The average molecular weight is 293 g/mol. The molecule has 0 unspecified atom stereocenters. The SMILES string of the molecule is O=C(Cc1cccc(F)c1)NCC(=O)NC1CCNCC1. The van der Waals surface area contributed by atoms with Crippen LogP contribution in [-0.4, -0.2) is 37.5 Å². The minimum Gasteiger partial charge on any atom is -0.352 e. The molecule has 2 amide bonds. The number of amides is 2. The maximum absolute atomic E-state index is 13.0. The molecule has 5 nitrogen and oxygen atoms in total. The highest BCUT2D eigenvalue weighted by molar-refractivity contribution is 5.85. The summed E-state index contributed by atoms with van der Waals surface area (Å²) in [6.07, 6.45) is 1.88. The number of hydrogen-bond acceptors (Lipinski definition) is 3. The minimum atomic E-state index is -0.371. The van der Waals surface area contributed by atoms with Crippen LogP contribution in [0, 0.1) is 5.82 Å². The number of rotatable bonds is 5. The van der Waals surface area contributed by atoms with Crippen molar-refractivity contribution in [3.63, 3.8) is 0 Å². The second kappa shape index (κ2) is 7.73. The van der Waals surface area contributed by atoms with Gasteiger partial charge in [-0.25, -0.2) is 4.39 Å². The lowest BCUT2D eigenvalue weighted by Gasteiger charge is -2.23. The second-order valence-electron chi connectivity index (χ2n) is 5.18. The molecule has 114 valence electrons. The number of carbonyl (C=O) groups is 2. The van der Waals surface area contributed by atoms with E-state index >= 15 is 0 Å². The van der Waals surface area contributed by atoms with E-state index in [4.69, 9.17) is 0 Å². The predicted octanol–water partition coefficient (Wildman–Crippen LogP) is 0.353. The van der Waals surface area contributed by atoms with Gasteiger partial charge in [0.25, 0.3) is 0 Å². The van der Waals surface area contributed by atoms with E-state index in [-0.39, 0.29) is 36.6 Å². The van der Waals surface area contributed by atoms with Gasteiger partial charge in [0.1, 0.15) is 5.82 Å².